The van der Waals surface area contributed by atoms with Gasteiger partial charge in [-0.2, -0.15) is 0 Å². The monoisotopic (exact) mass is 376 g/mol. The quantitative estimate of drug-likeness (QED) is 0.796. The summed E-state index contributed by atoms with van der Waals surface area (Å²) in [6.07, 6.45) is 0.288. The lowest BCUT2D eigenvalue weighted by molar-refractivity contribution is -0.140. The van der Waals surface area contributed by atoms with Crippen LogP contribution in [0.4, 0.5) is 4.39 Å². The lowest BCUT2D eigenvalue weighted by Gasteiger charge is -2.28. The van der Waals surface area contributed by atoms with Crippen LogP contribution in [0.2, 0.25) is 5.02 Å². The Kier molecular flexibility index (Phi) is 7.16. The van der Waals surface area contributed by atoms with Gasteiger partial charge in [-0.15, -0.1) is 0 Å². The molecule has 0 bridgehead atoms. The molecule has 0 fully saturated rings. The predicted octanol–water partition coefficient (Wildman–Crippen LogP) is 3.92. The number of nitrogens with zero attached hydrogens (tertiary/aromatic N) is 1. The first-order valence-electron chi connectivity index (χ1n) is 8.46. The van der Waals surface area contributed by atoms with Crippen molar-refractivity contribution in [3.05, 3.63) is 70.5 Å². The molecule has 1 atom stereocenters. The molecule has 0 aliphatic rings. The minimum atomic E-state index is -0.639. The number of halogens is 2. The van der Waals surface area contributed by atoms with Crippen LogP contribution in [-0.2, 0) is 22.7 Å². The molecule has 2 aromatic carbocycles. The number of benzene rings is 2. The number of nitrogens with one attached hydrogen (secondary N) is 1. The summed E-state index contributed by atoms with van der Waals surface area (Å²) < 4.78 is 13.1. The van der Waals surface area contributed by atoms with Crippen LogP contribution in [0.5, 0.6) is 0 Å². The summed E-state index contributed by atoms with van der Waals surface area (Å²) in [5.41, 5.74) is 1.69. The molecule has 4 nitrogen and oxygen atoms in total. The Morgan fingerprint density at radius 3 is 2.23 bits per heavy atom. The largest absolute Gasteiger partial charge is 0.350 e. The van der Waals surface area contributed by atoms with Gasteiger partial charge in [0.2, 0.25) is 11.8 Å². The highest BCUT2D eigenvalue weighted by Crippen LogP contribution is 2.13. The van der Waals surface area contributed by atoms with Crippen molar-refractivity contribution in [3.63, 3.8) is 0 Å². The maximum Gasteiger partial charge on any atom is 0.242 e. The van der Waals surface area contributed by atoms with E-state index in [1.807, 2.05) is 12.1 Å². The molecule has 0 radical (unpaired) electrons. The van der Waals surface area contributed by atoms with Gasteiger partial charge in [0.25, 0.3) is 0 Å². The fourth-order valence-corrected chi connectivity index (χ4v) is 2.64. The number of hydrogen-bond donors (Lipinski definition) is 1. The van der Waals surface area contributed by atoms with Gasteiger partial charge < -0.3 is 10.2 Å². The molecule has 2 rings (SSSR count). The Labute approximate surface area is 158 Å². The van der Waals surface area contributed by atoms with Crippen LogP contribution in [-0.4, -0.2) is 22.8 Å². The lowest BCUT2D eigenvalue weighted by atomic mass is 10.1. The van der Waals surface area contributed by atoms with Crippen molar-refractivity contribution in [1.82, 2.24) is 10.2 Å². The molecule has 0 aliphatic carbocycles. The van der Waals surface area contributed by atoms with Crippen LogP contribution in [0.15, 0.2) is 48.5 Å². The zero-order valence-corrected chi connectivity index (χ0v) is 15.6. The highest BCUT2D eigenvalue weighted by Gasteiger charge is 2.24. The van der Waals surface area contributed by atoms with Crippen molar-refractivity contribution in [2.45, 2.75) is 39.4 Å². The van der Waals surface area contributed by atoms with Crippen LogP contribution < -0.4 is 5.32 Å². The predicted molar refractivity (Wildman–Crippen MR) is 100 cm³/mol. The topological polar surface area (TPSA) is 49.4 Å². The van der Waals surface area contributed by atoms with E-state index < -0.39 is 6.04 Å². The Morgan fingerprint density at radius 1 is 1.08 bits per heavy atom. The summed E-state index contributed by atoms with van der Waals surface area (Å²) in [4.78, 5) is 26.3. The second-order valence-electron chi connectivity index (χ2n) is 6.02. The summed E-state index contributed by atoms with van der Waals surface area (Å²) in [6, 6.07) is 12.5. The average molecular weight is 377 g/mol. The first-order chi connectivity index (χ1) is 12.4. The maximum absolute atomic E-state index is 13.1. The molecule has 6 heteroatoms. The standard InChI is InChI=1S/C20H22ClFN2O2/c1-3-19(25)24(13-16-6-10-18(22)11-7-16)14(2)20(26)23-12-15-4-8-17(21)9-5-15/h4-11,14H,3,12-13H2,1-2H3,(H,23,26)/t14-/m1/s1. The summed E-state index contributed by atoms with van der Waals surface area (Å²) >= 11 is 5.85. The molecule has 0 unspecified atom stereocenters. The number of carbonyl (C=O) groups is 2. The Morgan fingerprint density at radius 2 is 1.65 bits per heavy atom. The molecule has 0 heterocycles. The molecule has 0 aliphatic heterocycles. The first-order valence-corrected chi connectivity index (χ1v) is 8.84. The number of rotatable bonds is 7. The van der Waals surface area contributed by atoms with E-state index in [0.29, 0.717) is 11.6 Å². The normalized spacial score (nSPS) is 11.7. The fourth-order valence-electron chi connectivity index (χ4n) is 2.51. The number of amides is 2. The van der Waals surface area contributed by atoms with Crippen LogP contribution in [0, 0.1) is 5.82 Å². The highest BCUT2D eigenvalue weighted by atomic mass is 35.5. The average Bonchev–Trinajstić information content (AvgIpc) is 2.65. The molecule has 26 heavy (non-hydrogen) atoms. The van der Waals surface area contributed by atoms with Crippen molar-refractivity contribution in [2.24, 2.45) is 0 Å². The van der Waals surface area contributed by atoms with Gasteiger partial charge in [-0.1, -0.05) is 42.8 Å². The van der Waals surface area contributed by atoms with E-state index in [-0.39, 0.29) is 30.6 Å². The number of hydrogen-bond acceptors (Lipinski definition) is 2. The van der Waals surface area contributed by atoms with E-state index >= 15 is 0 Å². The third kappa shape index (κ3) is 5.56. The van der Waals surface area contributed by atoms with E-state index in [2.05, 4.69) is 5.32 Å². The fraction of sp³-hybridized carbons (Fsp3) is 0.300. The molecule has 0 saturated heterocycles. The van der Waals surface area contributed by atoms with E-state index in [9.17, 15) is 14.0 Å². The molecule has 0 spiro atoms. The van der Waals surface area contributed by atoms with Gasteiger partial charge in [-0.3, -0.25) is 9.59 Å². The SMILES string of the molecule is CCC(=O)N(Cc1ccc(F)cc1)[C@H](C)C(=O)NCc1ccc(Cl)cc1. The molecule has 2 aromatic rings. The molecule has 2 amide bonds. The van der Waals surface area contributed by atoms with Gasteiger partial charge in [0, 0.05) is 24.5 Å². The zero-order valence-electron chi connectivity index (χ0n) is 14.8. The second-order valence-corrected chi connectivity index (χ2v) is 6.46. The van der Waals surface area contributed by atoms with Crippen molar-refractivity contribution in [3.8, 4) is 0 Å². The summed E-state index contributed by atoms with van der Waals surface area (Å²) in [7, 11) is 0. The van der Waals surface area contributed by atoms with Gasteiger partial charge in [0.1, 0.15) is 11.9 Å². The van der Waals surface area contributed by atoms with Gasteiger partial charge >= 0.3 is 0 Å². The number of carbonyl (C=O) groups excluding carboxylic acids is 2. The van der Waals surface area contributed by atoms with Crippen LogP contribution in [0.1, 0.15) is 31.4 Å². The van der Waals surface area contributed by atoms with E-state index in [1.165, 1.54) is 17.0 Å². The smallest absolute Gasteiger partial charge is 0.242 e. The molecular weight excluding hydrogens is 355 g/mol. The third-order valence-electron chi connectivity index (χ3n) is 4.12. The van der Waals surface area contributed by atoms with E-state index in [1.54, 1.807) is 38.1 Å². The lowest BCUT2D eigenvalue weighted by Crippen LogP contribution is -2.47. The van der Waals surface area contributed by atoms with E-state index in [0.717, 1.165) is 11.1 Å². The van der Waals surface area contributed by atoms with Crippen LogP contribution in [0.3, 0.4) is 0 Å². The maximum atomic E-state index is 13.1. The highest BCUT2D eigenvalue weighted by molar-refractivity contribution is 6.30. The van der Waals surface area contributed by atoms with Gasteiger partial charge in [0.15, 0.2) is 0 Å². The van der Waals surface area contributed by atoms with Crippen LogP contribution >= 0.6 is 11.6 Å². The van der Waals surface area contributed by atoms with Gasteiger partial charge in [-0.05, 0) is 42.3 Å². The Bertz CT molecular complexity index is 747. The third-order valence-corrected chi connectivity index (χ3v) is 4.37. The zero-order chi connectivity index (χ0) is 19.1. The van der Waals surface area contributed by atoms with Gasteiger partial charge in [0.05, 0.1) is 0 Å². The molecule has 1 N–H and O–H groups in total. The minimum absolute atomic E-state index is 0.136. The molecule has 138 valence electrons. The van der Waals surface area contributed by atoms with E-state index in [4.69, 9.17) is 11.6 Å². The minimum Gasteiger partial charge on any atom is -0.350 e. The van der Waals surface area contributed by atoms with Crippen molar-refractivity contribution < 1.29 is 14.0 Å². The second kappa shape index (κ2) is 9.34. The Balaban J connectivity index is 2.03. The summed E-state index contributed by atoms with van der Waals surface area (Å²) in [6.45, 7) is 4.04. The first kappa shape index (κ1) is 19.9. The Hall–Kier alpha value is -2.40. The molecular formula is C20H22ClFN2O2. The van der Waals surface area contributed by atoms with Gasteiger partial charge in [-0.25, -0.2) is 4.39 Å². The summed E-state index contributed by atoms with van der Waals surface area (Å²) in [5.74, 6) is -0.719. The van der Waals surface area contributed by atoms with Crippen LogP contribution in [0.25, 0.3) is 0 Å². The van der Waals surface area contributed by atoms with Crippen molar-refractivity contribution in [2.75, 3.05) is 0 Å². The van der Waals surface area contributed by atoms with Crippen molar-refractivity contribution >= 4 is 23.4 Å². The molecule has 0 aromatic heterocycles. The van der Waals surface area contributed by atoms with Crippen molar-refractivity contribution in [1.29, 1.82) is 0 Å². The summed E-state index contributed by atoms with van der Waals surface area (Å²) in [5, 5.41) is 3.47. The molecule has 0 saturated carbocycles.